The van der Waals surface area contributed by atoms with Crippen LogP contribution >= 0.6 is 0 Å². The summed E-state index contributed by atoms with van der Waals surface area (Å²) in [4.78, 5) is 19.0. The predicted octanol–water partition coefficient (Wildman–Crippen LogP) is 4.08. The van der Waals surface area contributed by atoms with E-state index in [4.69, 9.17) is 9.47 Å². The number of anilines is 1. The maximum absolute atomic E-state index is 13.8. The molecule has 0 spiro atoms. The van der Waals surface area contributed by atoms with Crippen molar-refractivity contribution in [2.45, 2.75) is 6.54 Å². The summed E-state index contributed by atoms with van der Waals surface area (Å²) in [5, 5.41) is 0. The Bertz CT molecular complexity index is 909. The van der Waals surface area contributed by atoms with E-state index in [1.54, 1.807) is 48.8 Å². The van der Waals surface area contributed by atoms with Crippen LogP contribution in [-0.4, -0.2) is 25.1 Å². The molecule has 27 heavy (non-hydrogen) atoms. The lowest BCUT2D eigenvalue weighted by atomic mass is 10.1. The van der Waals surface area contributed by atoms with Gasteiger partial charge in [-0.15, -0.1) is 0 Å². The average Bonchev–Trinajstić information content (AvgIpc) is 2.71. The molecule has 2 aromatic carbocycles. The Hall–Kier alpha value is -3.41. The highest BCUT2D eigenvalue weighted by Crippen LogP contribution is 2.32. The lowest BCUT2D eigenvalue weighted by Gasteiger charge is -2.25. The molecule has 1 heterocycles. The normalized spacial score (nSPS) is 10.3. The Morgan fingerprint density at radius 1 is 1.04 bits per heavy atom. The van der Waals surface area contributed by atoms with Crippen LogP contribution in [0.2, 0.25) is 0 Å². The second-order valence-electron chi connectivity index (χ2n) is 5.77. The van der Waals surface area contributed by atoms with Crippen LogP contribution in [-0.2, 0) is 6.54 Å². The van der Waals surface area contributed by atoms with Crippen LogP contribution in [0.25, 0.3) is 0 Å². The van der Waals surface area contributed by atoms with Crippen molar-refractivity contribution < 1.29 is 18.7 Å². The molecule has 6 heteroatoms. The molecule has 3 rings (SSSR count). The van der Waals surface area contributed by atoms with Crippen molar-refractivity contribution in [3.8, 4) is 11.5 Å². The fourth-order valence-corrected chi connectivity index (χ4v) is 2.80. The summed E-state index contributed by atoms with van der Waals surface area (Å²) in [7, 11) is 2.97. The van der Waals surface area contributed by atoms with Gasteiger partial charge in [0.2, 0.25) is 0 Å². The molecule has 0 saturated carbocycles. The number of carbonyl (C=O) groups excluding carboxylic acids is 1. The Labute approximate surface area is 157 Å². The van der Waals surface area contributed by atoms with Crippen molar-refractivity contribution in [1.29, 1.82) is 0 Å². The number of carbonyl (C=O) groups is 1. The zero-order valence-corrected chi connectivity index (χ0v) is 15.1. The van der Waals surface area contributed by atoms with E-state index < -0.39 is 5.82 Å². The minimum Gasteiger partial charge on any atom is -0.496 e. The number of halogens is 1. The Morgan fingerprint density at radius 2 is 1.74 bits per heavy atom. The molecule has 0 unspecified atom stereocenters. The van der Waals surface area contributed by atoms with Gasteiger partial charge in [0.1, 0.15) is 22.9 Å². The summed E-state index contributed by atoms with van der Waals surface area (Å²) in [5.41, 5.74) is 1.51. The van der Waals surface area contributed by atoms with Crippen molar-refractivity contribution in [2.24, 2.45) is 0 Å². The topological polar surface area (TPSA) is 51.7 Å². The van der Waals surface area contributed by atoms with Gasteiger partial charge in [0.05, 0.1) is 20.8 Å². The van der Waals surface area contributed by atoms with E-state index in [1.807, 2.05) is 6.07 Å². The van der Waals surface area contributed by atoms with E-state index in [0.29, 0.717) is 17.2 Å². The lowest BCUT2D eigenvalue weighted by Crippen LogP contribution is -2.31. The van der Waals surface area contributed by atoms with Crippen LogP contribution in [0, 0.1) is 5.82 Å². The summed E-state index contributed by atoms with van der Waals surface area (Å²) in [5.74, 6) is -0.0267. The molecule has 0 aliphatic heterocycles. The smallest absolute Gasteiger partial charge is 0.266 e. The minimum atomic E-state index is -0.427. The van der Waals surface area contributed by atoms with Gasteiger partial charge in [0.15, 0.2) is 0 Å². The number of rotatable bonds is 6. The first kappa shape index (κ1) is 18.4. The molecule has 1 amide bonds. The summed E-state index contributed by atoms with van der Waals surface area (Å²) >= 11 is 0. The molecule has 3 aromatic rings. The van der Waals surface area contributed by atoms with E-state index in [9.17, 15) is 9.18 Å². The highest BCUT2D eigenvalue weighted by Gasteiger charge is 2.25. The zero-order valence-electron chi connectivity index (χ0n) is 15.1. The second-order valence-corrected chi connectivity index (χ2v) is 5.77. The SMILES string of the molecule is COc1cccc(OC)c1C(=O)N(Cc1cccnc1)c1cccc(F)c1. The fourth-order valence-electron chi connectivity index (χ4n) is 2.80. The first-order chi connectivity index (χ1) is 13.1. The number of pyridine rings is 1. The van der Waals surface area contributed by atoms with Gasteiger partial charge in [-0.05, 0) is 42.0 Å². The highest BCUT2D eigenvalue weighted by atomic mass is 19.1. The van der Waals surface area contributed by atoms with Crippen molar-refractivity contribution >= 4 is 11.6 Å². The number of hydrogen-bond donors (Lipinski definition) is 0. The zero-order chi connectivity index (χ0) is 19.2. The highest BCUT2D eigenvalue weighted by molar-refractivity contribution is 6.09. The second kappa shape index (κ2) is 8.31. The number of aromatic nitrogens is 1. The maximum Gasteiger partial charge on any atom is 0.266 e. The molecule has 0 atom stereocenters. The molecular formula is C21H19FN2O3. The fraction of sp³-hybridized carbons (Fsp3) is 0.143. The van der Waals surface area contributed by atoms with E-state index in [0.717, 1.165) is 5.56 Å². The molecule has 0 radical (unpaired) electrons. The molecule has 0 aliphatic rings. The van der Waals surface area contributed by atoms with Gasteiger partial charge in [0.25, 0.3) is 5.91 Å². The Balaban J connectivity index is 2.09. The van der Waals surface area contributed by atoms with Crippen LogP contribution in [0.5, 0.6) is 11.5 Å². The summed E-state index contributed by atoms with van der Waals surface area (Å²) in [6, 6.07) is 14.6. The number of methoxy groups -OCH3 is 2. The first-order valence-corrected chi connectivity index (χ1v) is 8.31. The third-order valence-electron chi connectivity index (χ3n) is 4.07. The van der Waals surface area contributed by atoms with Crippen molar-refractivity contribution in [1.82, 2.24) is 4.98 Å². The number of benzene rings is 2. The maximum atomic E-state index is 13.8. The number of nitrogens with zero attached hydrogens (tertiary/aromatic N) is 2. The summed E-state index contributed by atoms with van der Waals surface area (Å²) in [6.07, 6.45) is 3.32. The molecule has 5 nitrogen and oxygen atoms in total. The molecule has 1 aromatic heterocycles. The third kappa shape index (κ3) is 4.06. The van der Waals surface area contributed by atoms with E-state index in [-0.39, 0.29) is 18.0 Å². The molecule has 0 aliphatic carbocycles. The van der Waals surface area contributed by atoms with Crippen LogP contribution in [0.4, 0.5) is 10.1 Å². The van der Waals surface area contributed by atoms with Gasteiger partial charge in [-0.3, -0.25) is 9.78 Å². The number of ether oxygens (including phenoxy) is 2. The molecule has 0 bridgehead atoms. The van der Waals surface area contributed by atoms with Crippen molar-refractivity contribution in [3.05, 3.63) is 83.9 Å². The molecule has 0 saturated heterocycles. The van der Waals surface area contributed by atoms with E-state index in [1.165, 1.54) is 31.3 Å². The Morgan fingerprint density at radius 3 is 2.33 bits per heavy atom. The predicted molar refractivity (Wildman–Crippen MR) is 101 cm³/mol. The van der Waals surface area contributed by atoms with Crippen molar-refractivity contribution in [2.75, 3.05) is 19.1 Å². The monoisotopic (exact) mass is 366 g/mol. The Kier molecular flexibility index (Phi) is 5.66. The first-order valence-electron chi connectivity index (χ1n) is 8.31. The molecule has 0 N–H and O–H groups in total. The largest absolute Gasteiger partial charge is 0.496 e. The van der Waals surface area contributed by atoms with Crippen LogP contribution in [0.1, 0.15) is 15.9 Å². The van der Waals surface area contributed by atoms with Crippen LogP contribution in [0.3, 0.4) is 0 Å². The minimum absolute atomic E-state index is 0.220. The van der Waals surface area contributed by atoms with Crippen LogP contribution < -0.4 is 14.4 Å². The lowest BCUT2D eigenvalue weighted by molar-refractivity contribution is 0.0979. The van der Waals surface area contributed by atoms with Gasteiger partial charge >= 0.3 is 0 Å². The summed E-state index contributed by atoms with van der Waals surface area (Å²) in [6.45, 7) is 0.220. The van der Waals surface area contributed by atoms with Crippen molar-refractivity contribution in [3.63, 3.8) is 0 Å². The molecule has 138 valence electrons. The van der Waals surface area contributed by atoms with E-state index in [2.05, 4.69) is 4.98 Å². The third-order valence-corrected chi connectivity index (χ3v) is 4.07. The number of amides is 1. The number of hydrogen-bond acceptors (Lipinski definition) is 4. The van der Waals surface area contributed by atoms with E-state index >= 15 is 0 Å². The van der Waals surface area contributed by atoms with Gasteiger partial charge in [-0.1, -0.05) is 18.2 Å². The summed E-state index contributed by atoms with van der Waals surface area (Å²) < 4.78 is 24.5. The van der Waals surface area contributed by atoms with Crippen LogP contribution in [0.15, 0.2) is 67.0 Å². The quantitative estimate of drug-likeness (QED) is 0.659. The molecular weight excluding hydrogens is 347 g/mol. The van der Waals surface area contributed by atoms with Gasteiger partial charge < -0.3 is 14.4 Å². The van der Waals surface area contributed by atoms with Gasteiger partial charge in [-0.25, -0.2) is 4.39 Å². The average molecular weight is 366 g/mol. The standard InChI is InChI=1S/C21H19FN2O3/c1-26-18-9-4-10-19(27-2)20(18)21(25)24(14-15-6-5-11-23-13-15)17-8-3-7-16(22)12-17/h3-13H,14H2,1-2H3. The van der Waals surface area contributed by atoms with Gasteiger partial charge in [-0.2, -0.15) is 0 Å². The molecule has 0 fully saturated rings. The van der Waals surface area contributed by atoms with Gasteiger partial charge in [0, 0.05) is 18.1 Å².